The predicted octanol–water partition coefficient (Wildman–Crippen LogP) is 1.71. The Morgan fingerprint density at radius 3 is 3.06 bits per heavy atom. The Morgan fingerprint density at radius 2 is 2.47 bits per heavy atom. The third-order valence-electron chi connectivity index (χ3n) is 3.08. The van der Waals surface area contributed by atoms with Crippen LogP contribution in [0, 0.1) is 0 Å². The molecule has 1 N–H and O–H groups in total. The molecule has 2 rings (SSSR count). The van der Waals surface area contributed by atoms with Gasteiger partial charge in [-0.3, -0.25) is 9.48 Å². The standard InChI is InChI=1S/C12H19N3OS/c1-3-10-4-5-11(17-10)12(16)13-6-9-7-14-15(2)8-9/h7-8,10-11H,3-6H2,1-2H3,(H,13,16). The van der Waals surface area contributed by atoms with Crippen molar-refractivity contribution < 1.29 is 4.79 Å². The molecule has 4 nitrogen and oxygen atoms in total. The van der Waals surface area contributed by atoms with Crippen molar-refractivity contribution in [3.05, 3.63) is 18.0 Å². The number of aromatic nitrogens is 2. The Morgan fingerprint density at radius 1 is 1.65 bits per heavy atom. The van der Waals surface area contributed by atoms with Gasteiger partial charge in [0.05, 0.1) is 11.4 Å². The van der Waals surface area contributed by atoms with Crippen LogP contribution in [-0.2, 0) is 18.4 Å². The zero-order valence-electron chi connectivity index (χ0n) is 10.3. The van der Waals surface area contributed by atoms with Gasteiger partial charge in [0.1, 0.15) is 0 Å². The maximum Gasteiger partial charge on any atom is 0.233 e. The van der Waals surface area contributed by atoms with Crippen molar-refractivity contribution in [1.29, 1.82) is 0 Å². The first kappa shape index (κ1) is 12.5. The van der Waals surface area contributed by atoms with E-state index in [0.717, 1.165) is 18.4 Å². The Hall–Kier alpha value is -0.970. The monoisotopic (exact) mass is 253 g/mol. The number of aryl methyl sites for hydroxylation is 1. The van der Waals surface area contributed by atoms with Gasteiger partial charge in [0.15, 0.2) is 0 Å². The zero-order valence-corrected chi connectivity index (χ0v) is 11.2. The fourth-order valence-corrected chi connectivity index (χ4v) is 3.47. The molecule has 5 heteroatoms. The molecule has 0 saturated carbocycles. The lowest BCUT2D eigenvalue weighted by Crippen LogP contribution is -2.30. The van der Waals surface area contributed by atoms with Crippen LogP contribution in [0.1, 0.15) is 31.7 Å². The summed E-state index contributed by atoms with van der Waals surface area (Å²) in [6, 6.07) is 0. The van der Waals surface area contributed by atoms with Crippen LogP contribution in [0.3, 0.4) is 0 Å². The normalized spacial score (nSPS) is 23.9. The molecule has 0 bridgehead atoms. The summed E-state index contributed by atoms with van der Waals surface area (Å²) in [6.07, 6.45) is 7.07. The number of thioether (sulfide) groups is 1. The van der Waals surface area contributed by atoms with Gasteiger partial charge < -0.3 is 5.32 Å². The summed E-state index contributed by atoms with van der Waals surface area (Å²) >= 11 is 1.83. The van der Waals surface area contributed by atoms with Crippen LogP contribution in [0.25, 0.3) is 0 Å². The molecule has 1 aliphatic heterocycles. The first-order valence-electron chi connectivity index (χ1n) is 6.09. The SMILES string of the molecule is CCC1CCC(C(=O)NCc2cnn(C)c2)S1. The van der Waals surface area contributed by atoms with Crippen LogP contribution in [-0.4, -0.2) is 26.2 Å². The number of nitrogens with zero attached hydrogens (tertiary/aromatic N) is 2. The second-order valence-corrected chi connectivity index (χ2v) is 5.98. The number of rotatable bonds is 4. The van der Waals surface area contributed by atoms with Gasteiger partial charge in [-0.1, -0.05) is 6.92 Å². The van der Waals surface area contributed by atoms with E-state index in [1.807, 2.05) is 25.0 Å². The minimum absolute atomic E-state index is 0.150. The molecule has 2 unspecified atom stereocenters. The van der Waals surface area contributed by atoms with E-state index in [1.165, 1.54) is 6.42 Å². The van der Waals surface area contributed by atoms with Gasteiger partial charge in [-0.2, -0.15) is 5.10 Å². The van der Waals surface area contributed by atoms with Crippen LogP contribution in [0.2, 0.25) is 0 Å². The van der Waals surface area contributed by atoms with Gasteiger partial charge in [-0.15, -0.1) is 11.8 Å². The molecule has 0 radical (unpaired) electrons. The molecule has 2 atom stereocenters. The van der Waals surface area contributed by atoms with Crippen LogP contribution in [0.4, 0.5) is 0 Å². The first-order chi connectivity index (χ1) is 8.19. The van der Waals surface area contributed by atoms with Gasteiger partial charge in [-0.25, -0.2) is 0 Å². The summed E-state index contributed by atoms with van der Waals surface area (Å²) in [5, 5.41) is 7.88. The Kier molecular flexibility index (Phi) is 4.10. The molecule has 1 aromatic rings. The number of amides is 1. The molecule has 2 heterocycles. The van der Waals surface area contributed by atoms with Gasteiger partial charge in [-0.05, 0) is 19.3 Å². The molecular formula is C12H19N3OS. The Labute approximate surface area is 106 Å². The van der Waals surface area contributed by atoms with E-state index < -0.39 is 0 Å². The maximum atomic E-state index is 11.9. The van der Waals surface area contributed by atoms with E-state index >= 15 is 0 Å². The van der Waals surface area contributed by atoms with Crippen molar-refractivity contribution >= 4 is 17.7 Å². The topological polar surface area (TPSA) is 46.9 Å². The zero-order chi connectivity index (χ0) is 12.3. The van der Waals surface area contributed by atoms with E-state index in [2.05, 4.69) is 17.3 Å². The Bertz CT molecular complexity index is 391. The maximum absolute atomic E-state index is 11.9. The molecule has 17 heavy (non-hydrogen) atoms. The predicted molar refractivity (Wildman–Crippen MR) is 69.7 cm³/mol. The van der Waals surface area contributed by atoms with Gasteiger partial charge in [0, 0.05) is 30.6 Å². The van der Waals surface area contributed by atoms with Crippen molar-refractivity contribution in [2.45, 2.75) is 43.2 Å². The summed E-state index contributed by atoms with van der Waals surface area (Å²) in [4.78, 5) is 11.9. The smallest absolute Gasteiger partial charge is 0.233 e. The minimum Gasteiger partial charge on any atom is -0.351 e. The summed E-state index contributed by atoms with van der Waals surface area (Å²) in [6.45, 7) is 2.77. The number of hydrogen-bond donors (Lipinski definition) is 1. The van der Waals surface area contributed by atoms with Crippen molar-refractivity contribution in [3.8, 4) is 0 Å². The van der Waals surface area contributed by atoms with Crippen molar-refractivity contribution in [2.75, 3.05) is 0 Å². The third kappa shape index (κ3) is 3.25. The highest BCUT2D eigenvalue weighted by Crippen LogP contribution is 2.35. The second-order valence-electron chi connectivity index (χ2n) is 4.47. The minimum atomic E-state index is 0.150. The summed E-state index contributed by atoms with van der Waals surface area (Å²) in [5.74, 6) is 0.176. The van der Waals surface area contributed by atoms with Crippen molar-refractivity contribution in [1.82, 2.24) is 15.1 Å². The lowest BCUT2D eigenvalue weighted by molar-refractivity contribution is -0.120. The highest BCUT2D eigenvalue weighted by Gasteiger charge is 2.29. The van der Waals surface area contributed by atoms with Gasteiger partial charge >= 0.3 is 0 Å². The number of hydrogen-bond acceptors (Lipinski definition) is 3. The number of nitrogens with one attached hydrogen (secondary N) is 1. The Balaban J connectivity index is 1.78. The molecule has 1 saturated heterocycles. The molecule has 0 spiro atoms. The van der Waals surface area contributed by atoms with Gasteiger partial charge in [0.2, 0.25) is 5.91 Å². The number of carbonyl (C=O) groups is 1. The van der Waals surface area contributed by atoms with E-state index in [-0.39, 0.29) is 11.2 Å². The fraction of sp³-hybridized carbons (Fsp3) is 0.667. The molecule has 1 aromatic heterocycles. The van der Waals surface area contributed by atoms with Crippen molar-refractivity contribution in [2.24, 2.45) is 7.05 Å². The largest absolute Gasteiger partial charge is 0.351 e. The molecule has 1 fully saturated rings. The van der Waals surface area contributed by atoms with E-state index in [0.29, 0.717) is 11.8 Å². The quantitative estimate of drug-likeness (QED) is 0.888. The molecule has 1 aliphatic rings. The molecule has 0 aromatic carbocycles. The lowest BCUT2D eigenvalue weighted by atomic mass is 10.1. The highest BCUT2D eigenvalue weighted by atomic mass is 32.2. The van der Waals surface area contributed by atoms with E-state index in [4.69, 9.17) is 0 Å². The molecule has 1 amide bonds. The van der Waals surface area contributed by atoms with Crippen molar-refractivity contribution in [3.63, 3.8) is 0 Å². The van der Waals surface area contributed by atoms with E-state index in [1.54, 1.807) is 10.9 Å². The summed E-state index contributed by atoms with van der Waals surface area (Å²) < 4.78 is 1.75. The van der Waals surface area contributed by atoms with Crippen LogP contribution in [0.15, 0.2) is 12.4 Å². The first-order valence-corrected chi connectivity index (χ1v) is 7.04. The molecular weight excluding hydrogens is 234 g/mol. The fourth-order valence-electron chi connectivity index (χ4n) is 2.07. The average molecular weight is 253 g/mol. The third-order valence-corrected chi connectivity index (χ3v) is 4.81. The summed E-state index contributed by atoms with van der Waals surface area (Å²) in [5.41, 5.74) is 1.05. The van der Waals surface area contributed by atoms with Gasteiger partial charge in [0.25, 0.3) is 0 Å². The average Bonchev–Trinajstić information content (AvgIpc) is 2.94. The van der Waals surface area contributed by atoms with Crippen LogP contribution in [0.5, 0.6) is 0 Å². The number of carbonyl (C=O) groups excluding carboxylic acids is 1. The van der Waals surface area contributed by atoms with Crippen LogP contribution < -0.4 is 5.32 Å². The highest BCUT2D eigenvalue weighted by molar-refractivity contribution is 8.01. The van der Waals surface area contributed by atoms with Crippen LogP contribution >= 0.6 is 11.8 Å². The lowest BCUT2D eigenvalue weighted by Gasteiger charge is -2.10. The molecule has 0 aliphatic carbocycles. The second kappa shape index (κ2) is 5.58. The molecule has 94 valence electrons. The summed E-state index contributed by atoms with van der Waals surface area (Å²) in [7, 11) is 1.88. The van der Waals surface area contributed by atoms with E-state index in [9.17, 15) is 4.79 Å².